The third-order valence-corrected chi connectivity index (χ3v) is 4.50. The van der Waals surface area contributed by atoms with Crippen LogP contribution in [0, 0.1) is 6.92 Å². The molecular weight excluding hydrogens is 364 g/mol. The van der Waals surface area contributed by atoms with Gasteiger partial charge in [0, 0.05) is 18.8 Å². The number of nitrogens with zero attached hydrogens (tertiary/aromatic N) is 2. The molecule has 2 aromatic carbocycles. The Morgan fingerprint density at radius 1 is 0.966 bits per heavy atom. The van der Waals surface area contributed by atoms with Crippen molar-refractivity contribution >= 4 is 11.9 Å². The Labute approximate surface area is 171 Å². The summed E-state index contributed by atoms with van der Waals surface area (Å²) < 4.78 is 5.35. The van der Waals surface area contributed by atoms with Crippen molar-refractivity contribution in [2.45, 2.75) is 19.8 Å². The predicted molar refractivity (Wildman–Crippen MR) is 114 cm³/mol. The van der Waals surface area contributed by atoms with Crippen LogP contribution in [0.4, 0.5) is 5.95 Å². The van der Waals surface area contributed by atoms with Gasteiger partial charge >= 0.3 is 0 Å². The standard InChI is InChI=1S/C23H26N4O2/c1-17-16-20(22(28)24-15-13-19-10-6-7-11-21(19)29-2)27-23(26-17)25-14-12-18-8-4-3-5-9-18/h3-11,16H,12-15H2,1-2H3,(H,24,28)(H,25,26,27). The summed E-state index contributed by atoms with van der Waals surface area (Å²) >= 11 is 0. The molecule has 0 aliphatic rings. The zero-order chi connectivity index (χ0) is 20.5. The van der Waals surface area contributed by atoms with E-state index in [9.17, 15) is 4.79 Å². The second kappa shape index (κ2) is 10.2. The van der Waals surface area contributed by atoms with Gasteiger partial charge in [-0.1, -0.05) is 48.5 Å². The summed E-state index contributed by atoms with van der Waals surface area (Å²) in [6.07, 6.45) is 1.54. The van der Waals surface area contributed by atoms with Crippen LogP contribution < -0.4 is 15.4 Å². The van der Waals surface area contributed by atoms with E-state index in [1.54, 1.807) is 13.2 Å². The number of anilines is 1. The number of carbonyl (C=O) groups is 1. The Hall–Kier alpha value is -3.41. The summed E-state index contributed by atoms with van der Waals surface area (Å²) in [6, 6.07) is 19.7. The second-order valence-electron chi connectivity index (χ2n) is 6.70. The second-order valence-corrected chi connectivity index (χ2v) is 6.70. The highest BCUT2D eigenvalue weighted by Gasteiger charge is 2.11. The molecule has 1 aromatic heterocycles. The van der Waals surface area contributed by atoms with Gasteiger partial charge in [-0.25, -0.2) is 9.97 Å². The molecule has 0 unspecified atom stereocenters. The maximum atomic E-state index is 12.5. The van der Waals surface area contributed by atoms with Gasteiger partial charge in [0.25, 0.3) is 5.91 Å². The molecule has 2 N–H and O–H groups in total. The van der Waals surface area contributed by atoms with Crippen molar-refractivity contribution in [2.24, 2.45) is 0 Å². The van der Waals surface area contributed by atoms with Crippen LogP contribution in [-0.2, 0) is 12.8 Å². The summed E-state index contributed by atoms with van der Waals surface area (Å²) in [5.74, 6) is 1.08. The molecule has 1 amide bonds. The number of aromatic nitrogens is 2. The molecule has 29 heavy (non-hydrogen) atoms. The summed E-state index contributed by atoms with van der Waals surface area (Å²) in [6.45, 7) is 3.05. The van der Waals surface area contributed by atoms with Gasteiger partial charge < -0.3 is 15.4 Å². The number of ether oxygens (including phenoxy) is 1. The topological polar surface area (TPSA) is 76.1 Å². The van der Waals surface area contributed by atoms with E-state index >= 15 is 0 Å². The van der Waals surface area contributed by atoms with Crippen molar-refractivity contribution in [3.05, 3.63) is 83.2 Å². The molecule has 0 radical (unpaired) electrons. The van der Waals surface area contributed by atoms with E-state index in [1.807, 2.05) is 49.4 Å². The Balaban J connectivity index is 1.54. The van der Waals surface area contributed by atoms with E-state index in [2.05, 4.69) is 32.7 Å². The van der Waals surface area contributed by atoms with Crippen LogP contribution in [0.5, 0.6) is 5.75 Å². The number of benzene rings is 2. The van der Waals surface area contributed by atoms with Crippen molar-refractivity contribution in [3.63, 3.8) is 0 Å². The SMILES string of the molecule is COc1ccccc1CCNC(=O)c1cc(C)nc(NCCc2ccccc2)n1. The molecule has 3 aromatic rings. The molecule has 6 nitrogen and oxygen atoms in total. The molecule has 0 aliphatic carbocycles. The normalized spacial score (nSPS) is 10.4. The lowest BCUT2D eigenvalue weighted by molar-refractivity contribution is 0.0949. The minimum Gasteiger partial charge on any atom is -0.496 e. The largest absolute Gasteiger partial charge is 0.496 e. The number of aryl methyl sites for hydroxylation is 1. The molecule has 0 atom stereocenters. The third-order valence-electron chi connectivity index (χ3n) is 4.50. The average Bonchev–Trinajstić information content (AvgIpc) is 2.74. The van der Waals surface area contributed by atoms with Gasteiger partial charge in [0.05, 0.1) is 7.11 Å². The Morgan fingerprint density at radius 2 is 1.72 bits per heavy atom. The van der Waals surface area contributed by atoms with Gasteiger partial charge in [-0.05, 0) is 43.0 Å². The molecular formula is C23H26N4O2. The van der Waals surface area contributed by atoms with Gasteiger partial charge in [-0.2, -0.15) is 0 Å². The van der Waals surface area contributed by atoms with Crippen LogP contribution in [0.3, 0.4) is 0 Å². The maximum absolute atomic E-state index is 12.5. The zero-order valence-electron chi connectivity index (χ0n) is 16.8. The fraction of sp³-hybridized carbons (Fsp3) is 0.261. The van der Waals surface area contributed by atoms with Crippen molar-refractivity contribution in [2.75, 3.05) is 25.5 Å². The molecule has 3 rings (SSSR count). The number of amides is 1. The third kappa shape index (κ3) is 6.04. The summed E-state index contributed by atoms with van der Waals surface area (Å²) in [7, 11) is 1.65. The monoisotopic (exact) mass is 390 g/mol. The van der Waals surface area contributed by atoms with E-state index in [1.165, 1.54) is 5.56 Å². The smallest absolute Gasteiger partial charge is 0.270 e. The van der Waals surface area contributed by atoms with Gasteiger partial charge in [0.2, 0.25) is 5.95 Å². The van der Waals surface area contributed by atoms with E-state index in [4.69, 9.17) is 4.74 Å². The first-order chi connectivity index (χ1) is 14.2. The number of hydrogen-bond acceptors (Lipinski definition) is 5. The minimum atomic E-state index is -0.212. The summed E-state index contributed by atoms with van der Waals surface area (Å²) in [5.41, 5.74) is 3.40. The first-order valence-corrected chi connectivity index (χ1v) is 9.69. The maximum Gasteiger partial charge on any atom is 0.270 e. The zero-order valence-corrected chi connectivity index (χ0v) is 16.8. The van der Waals surface area contributed by atoms with Crippen LogP contribution in [0.15, 0.2) is 60.7 Å². The van der Waals surface area contributed by atoms with Gasteiger partial charge in [0.15, 0.2) is 0 Å². The van der Waals surface area contributed by atoms with Gasteiger partial charge in [-0.3, -0.25) is 4.79 Å². The van der Waals surface area contributed by atoms with Crippen molar-refractivity contribution in [1.29, 1.82) is 0 Å². The predicted octanol–water partition coefficient (Wildman–Crippen LogP) is 3.42. The highest BCUT2D eigenvalue weighted by Crippen LogP contribution is 2.17. The highest BCUT2D eigenvalue weighted by molar-refractivity contribution is 5.92. The van der Waals surface area contributed by atoms with Crippen LogP contribution in [-0.4, -0.2) is 36.1 Å². The number of methoxy groups -OCH3 is 1. The van der Waals surface area contributed by atoms with Crippen LogP contribution in [0.1, 0.15) is 27.3 Å². The fourth-order valence-electron chi connectivity index (χ4n) is 3.04. The van der Waals surface area contributed by atoms with Gasteiger partial charge in [0.1, 0.15) is 11.4 Å². The molecule has 1 heterocycles. The quantitative estimate of drug-likeness (QED) is 0.585. The molecule has 0 fully saturated rings. The first kappa shape index (κ1) is 20.3. The Morgan fingerprint density at radius 3 is 2.52 bits per heavy atom. The van der Waals surface area contributed by atoms with Gasteiger partial charge in [-0.15, -0.1) is 0 Å². The van der Waals surface area contributed by atoms with Crippen molar-refractivity contribution in [3.8, 4) is 5.75 Å². The van der Waals surface area contributed by atoms with Crippen molar-refractivity contribution in [1.82, 2.24) is 15.3 Å². The lowest BCUT2D eigenvalue weighted by Crippen LogP contribution is -2.27. The van der Waals surface area contributed by atoms with E-state index in [0.29, 0.717) is 31.2 Å². The van der Waals surface area contributed by atoms with Crippen molar-refractivity contribution < 1.29 is 9.53 Å². The lowest BCUT2D eigenvalue weighted by Gasteiger charge is -2.10. The average molecular weight is 390 g/mol. The Kier molecular flexibility index (Phi) is 7.16. The van der Waals surface area contributed by atoms with Crippen LogP contribution in [0.25, 0.3) is 0 Å². The fourth-order valence-corrected chi connectivity index (χ4v) is 3.04. The summed E-state index contributed by atoms with van der Waals surface area (Å²) in [5, 5.41) is 6.13. The molecule has 0 aliphatic heterocycles. The molecule has 0 spiro atoms. The van der Waals surface area contributed by atoms with Crippen LogP contribution >= 0.6 is 0 Å². The number of carbonyl (C=O) groups excluding carboxylic acids is 1. The Bertz CT molecular complexity index is 945. The summed E-state index contributed by atoms with van der Waals surface area (Å²) in [4.78, 5) is 21.3. The highest BCUT2D eigenvalue weighted by atomic mass is 16.5. The first-order valence-electron chi connectivity index (χ1n) is 9.69. The molecule has 0 saturated carbocycles. The van der Waals surface area contributed by atoms with E-state index in [-0.39, 0.29) is 5.91 Å². The van der Waals surface area contributed by atoms with E-state index in [0.717, 1.165) is 23.4 Å². The van der Waals surface area contributed by atoms with Crippen LogP contribution in [0.2, 0.25) is 0 Å². The number of rotatable bonds is 9. The number of hydrogen-bond donors (Lipinski definition) is 2. The molecule has 0 bridgehead atoms. The minimum absolute atomic E-state index is 0.212. The number of nitrogens with one attached hydrogen (secondary N) is 2. The van der Waals surface area contributed by atoms with E-state index < -0.39 is 0 Å². The molecule has 150 valence electrons. The number of para-hydroxylation sites is 1. The molecule has 0 saturated heterocycles. The molecule has 6 heteroatoms. The lowest BCUT2D eigenvalue weighted by atomic mass is 10.1.